The molecule has 0 spiro atoms. The largest absolute Gasteiger partial charge is 0.372 e. The molecule has 1 aliphatic rings. The van der Waals surface area contributed by atoms with E-state index in [9.17, 15) is 33.4 Å². The zero-order chi connectivity index (χ0) is 31.0. The van der Waals surface area contributed by atoms with E-state index in [2.05, 4.69) is 10.5 Å². The fourth-order valence-corrected chi connectivity index (χ4v) is 6.69. The van der Waals surface area contributed by atoms with Crippen LogP contribution >= 0.6 is 0 Å². The Balaban J connectivity index is 1.98. The summed E-state index contributed by atoms with van der Waals surface area (Å²) in [5.74, 6) is -0.642. The number of nitrogens with one attached hydrogen (secondary N) is 1. The molecular weight excluding hydrogens is 566 g/mol. The van der Waals surface area contributed by atoms with Crippen molar-refractivity contribution in [2.24, 2.45) is 11.0 Å². The van der Waals surface area contributed by atoms with Gasteiger partial charge in [0, 0.05) is 74.8 Å². The minimum absolute atomic E-state index is 0.0103. The maximum Gasteiger partial charge on any atom is 0.270 e. The first-order chi connectivity index (χ1) is 20.0. The minimum Gasteiger partial charge on any atom is -0.372 e. The first-order valence-electron chi connectivity index (χ1n) is 13.9. The van der Waals surface area contributed by atoms with E-state index in [1.807, 2.05) is 32.6 Å². The number of non-ortho nitro benzene ring substituents is 2. The monoisotopic (exact) mass is 603 g/mol. The first kappa shape index (κ1) is 32.4. The molecule has 14 nitrogen and oxygen atoms in total. The normalized spacial score (nSPS) is 15.9. The lowest BCUT2D eigenvalue weighted by Gasteiger charge is -2.34. The average Bonchev–Trinajstić information content (AvgIpc) is 2.98. The smallest absolute Gasteiger partial charge is 0.270 e. The average molecular weight is 604 g/mol. The van der Waals surface area contributed by atoms with Crippen molar-refractivity contribution in [3.8, 4) is 0 Å². The van der Waals surface area contributed by atoms with E-state index in [1.165, 1.54) is 28.7 Å². The van der Waals surface area contributed by atoms with Gasteiger partial charge < -0.3 is 9.80 Å². The second kappa shape index (κ2) is 14.2. The predicted molar refractivity (Wildman–Crippen MR) is 160 cm³/mol. The predicted octanol–water partition coefficient (Wildman–Crippen LogP) is 4.06. The van der Waals surface area contributed by atoms with Crippen LogP contribution in [0.2, 0.25) is 0 Å². The Morgan fingerprint density at radius 3 is 2.24 bits per heavy atom. The van der Waals surface area contributed by atoms with Gasteiger partial charge in [-0.05, 0) is 52.7 Å². The van der Waals surface area contributed by atoms with Gasteiger partial charge in [-0.1, -0.05) is 0 Å². The number of hydrazone groups is 1. The molecular formula is C27H37N7O7S. The molecule has 0 unspecified atom stereocenters. The van der Waals surface area contributed by atoms with Gasteiger partial charge in [-0.2, -0.15) is 9.41 Å². The number of sulfonamides is 1. The van der Waals surface area contributed by atoms with E-state index in [0.29, 0.717) is 50.3 Å². The Morgan fingerprint density at radius 2 is 1.64 bits per heavy atom. The van der Waals surface area contributed by atoms with Crippen LogP contribution in [0.3, 0.4) is 0 Å². The summed E-state index contributed by atoms with van der Waals surface area (Å²) in [7, 11) is -4.27. The first-order valence-corrected chi connectivity index (χ1v) is 15.3. The molecule has 1 amide bonds. The van der Waals surface area contributed by atoms with E-state index < -0.39 is 31.5 Å². The summed E-state index contributed by atoms with van der Waals surface area (Å²) >= 11 is 0. The summed E-state index contributed by atoms with van der Waals surface area (Å²) < 4.78 is 28.9. The van der Waals surface area contributed by atoms with Crippen molar-refractivity contribution in [3.63, 3.8) is 0 Å². The number of piperidine rings is 1. The molecule has 2 aromatic rings. The molecule has 1 fully saturated rings. The molecule has 42 heavy (non-hydrogen) atoms. The van der Waals surface area contributed by atoms with Crippen LogP contribution in [0.25, 0.3) is 0 Å². The van der Waals surface area contributed by atoms with Crippen LogP contribution in [0.5, 0.6) is 0 Å². The number of rotatable bonds is 13. The van der Waals surface area contributed by atoms with E-state index in [-0.39, 0.29) is 35.3 Å². The van der Waals surface area contributed by atoms with Gasteiger partial charge in [0.2, 0.25) is 15.9 Å². The summed E-state index contributed by atoms with van der Waals surface area (Å²) in [6.45, 7) is 10.0. The van der Waals surface area contributed by atoms with Crippen molar-refractivity contribution in [1.82, 2.24) is 9.21 Å². The molecule has 0 bridgehead atoms. The molecule has 15 heteroatoms. The standard InChI is InChI=1S/C27H37N7O7S/c1-5-30(6-2)25-14-12-22(33(36)37)16-21(25)18-28-29-24-13-11-23(34(38)39)17-26(24)42(40,41)32-15-9-10-20(19-32)27(35)31(7-3)8-4/h11-14,16-18,20,29H,5-10,15,19H2,1-4H3/b28-18-/t20-/m0/s1. The van der Waals surface area contributed by atoms with Crippen LogP contribution in [-0.2, 0) is 14.8 Å². The highest BCUT2D eigenvalue weighted by atomic mass is 32.2. The zero-order valence-corrected chi connectivity index (χ0v) is 25.0. The summed E-state index contributed by atoms with van der Waals surface area (Å²) in [6.07, 6.45) is 2.36. The van der Waals surface area contributed by atoms with Crippen LogP contribution in [0.15, 0.2) is 46.4 Å². The van der Waals surface area contributed by atoms with E-state index in [0.717, 1.165) is 12.1 Å². The van der Waals surface area contributed by atoms with Gasteiger partial charge in [0.1, 0.15) is 4.90 Å². The number of hydrogen-bond acceptors (Lipinski definition) is 10. The Labute approximate surface area is 245 Å². The minimum atomic E-state index is -4.27. The van der Waals surface area contributed by atoms with E-state index in [4.69, 9.17) is 0 Å². The second-order valence-corrected chi connectivity index (χ2v) is 11.6. The number of nitro benzene ring substituents is 2. The highest BCUT2D eigenvalue weighted by molar-refractivity contribution is 7.89. The van der Waals surface area contributed by atoms with Crippen molar-refractivity contribution >= 4 is 44.9 Å². The number of anilines is 2. The van der Waals surface area contributed by atoms with Crippen molar-refractivity contribution in [2.75, 3.05) is 49.6 Å². The van der Waals surface area contributed by atoms with Crippen molar-refractivity contribution < 1.29 is 23.1 Å². The SMILES string of the molecule is CCN(CC)C(=O)[C@H]1CCCN(S(=O)(=O)c2cc([N+](=O)[O-])ccc2N/N=C\c2cc([N+](=O)[O-])ccc2N(CC)CC)C1. The molecule has 0 aromatic heterocycles. The topological polar surface area (TPSA) is 172 Å². The molecule has 0 saturated carbocycles. The second-order valence-electron chi connectivity index (χ2n) is 9.69. The van der Waals surface area contributed by atoms with Gasteiger partial charge in [-0.25, -0.2) is 8.42 Å². The third-order valence-corrected chi connectivity index (χ3v) is 9.22. The van der Waals surface area contributed by atoms with Gasteiger partial charge in [0.15, 0.2) is 0 Å². The molecule has 228 valence electrons. The quantitative estimate of drug-likeness (QED) is 0.201. The maximum absolute atomic E-state index is 13.8. The maximum atomic E-state index is 13.8. The molecule has 0 aliphatic carbocycles. The van der Waals surface area contributed by atoms with Crippen LogP contribution in [0.1, 0.15) is 46.1 Å². The Kier molecular flexibility index (Phi) is 10.9. The fraction of sp³-hybridized carbons (Fsp3) is 0.481. The van der Waals surface area contributed by atoms with Crippen molar-refractivity contribution in [1.29, 1.82) is 0 Å². The highest BCUT2D eigenvalue weighted by Gasteiger charge is 2.36. The van der Waals surface area contributed by atoms with Crippen LogP contribution in [0, 0.1) is 26.1 Å². The molecule has 1 aliphatic heterocycles. The lowest BCUT2D eigenvalue weighted by Crippen LogP contribution is -2.46. The summed E-state index contributed by atoms with van der Waals surface area (Å²) in [5, 5.41) is 27.1. The molecule has 3 rings (SSSR count). The van der Waals surface area contributed by atoms with Crippen LogP contribution in [0.4, 0.5) is 22.7 Å². The number of carbonyl (C=O) groups excluding carboxylic acids is 1. The van der Waals surface area contributed by atoms with Gasteiger partial charge in [0.05, 0.1) is 27.7 Å². The van der Waals surface area contributed by atoms with Crippen molar-refractivity contribution in [3.05, 3.63) is 62.2 Å². The summed E-state index contributed by atoms with van der Waals surface area (Å²) in [5.41, 5.74) is 3.24. The number of hydrogen-bond donors (Lipinski definition) is 1. The summed E-state index contributed by atoms with van der Waals surface area (Å²) in [6, 6.07) is 7.78. The number of nitrogens with zero attached hydrogens (tertiary/aromatic N) is 6. The van der Waals surface area contributed by atoms with E-state index in [1.54, 1.807) is 11.0 Å². The molecule has 1 saturated heterocycles. The summed E-state index contributed by atoms with van der Waals surface area (Å²) in [4.78, 5) is 38.0. The van der Waals surface area contributed by atoms with Gasteiger partial charge in [-0.3, -0.25) is 30.4 Å². The van der Waals surface area contributed by atoms with Crippen LogP contribution in [-0.4, -0.2) is 78.9 Å². The third-order valence-electron chi connectivity index (χ3n) is 7.32. The lowest BCUT2D eigenvalue weighted by atomic mass is 9.98. The number of carbonyl (C=O) groups is 1. The van der Waals surface area contributed by atoms with Gasteiger partial charge in [-0.15, -0.1) is 0 Å². The molecule has 1 heterocycles. The zero-order valence-electron chi connectivity index (χ0n) is 24.2. The molecule has 1 atom stereocenters. The Bertz CT molecular complexity index is 1440. The molecule has 2 aromatic carbocycles. The molecule has 0 radical (unpaired) electrons. The van der Waals surface area contributed by atoms with Crippen LogP contribution < -0.4 is 10.3 Å². The van der Waals surface area contributed by atoms with Gasteiger partial charge in [0.25, 0.3) is 11.4 Å². The van der Waals surface area contributed by atoms with Gasteiger partial charge >= 0.3 is 0 Å². The molecule has 1 N–H and O–H groups in total. The number of benzene rings is 2. The highest BCUT2D eigenvalue weighted by Crippen LogP contribution is 2.32. The lowest BCUT2D eigenvalue weighted by molar-refractivity contribution is -0.385. The Hall–Kier alpha value is -4.11. The van der Waals surface area contributed by atoms with E-state index >= 15 is 0 Å². The number of nitro groups is 2. The fourth-order valence-electron chi connectivity index (χ4n) is 5.01. The number of amides is 1. The van der Waals surface area contributed by atoms with Crippen molar-refractivity contribution in [2.45, 2.75) is 45.4 Å². The Morgan fingerprint density at radius 1 is 1.02 bits per heavy atom. The third kappa shape index (κ3) is 7.20.